The number of halogens is 2. The van der Waals surface area contributed by atoms with E-state index in [4.69, 9.17) is 4.74 Å². The molecule has 142 valence electrons. The molecule has 0 aliphatic rings. The number of ether oxygens (including phenoxy) is 2. The number of aromatic amines is 1. The summed E-state index contributed by atoms with van der Waals surface area (Å²) < 4.78 is 34.7. The van der Waals surface area contributed by atoms with Crippen molar-refractivity contribution in [2.75, 3.05) is 14.2 Å². The van der Waals surface area contributed by atoms with Gasteiger partial charge in [0.15, 0.2) is 11.5 Å². The third kappa shape index (κ3) is 4.05. The van der Waals surface area contributed by atoms with Crippen molar-refractivity contribution in [2.45, 2.75) is 13.2 Å². The minimum atomic E-state index is -3.00. The van der Waals surface area contributed by atoms with Crippen molar-refractivity contribution in [3.8, 4) is 11.5 Å². The predicted molar refractivity (Wildman–Crippen MR) is 95.7 cm³/mol. The zero-order valence-electron chi connectivity index (χ0n) is 14.4. The van der Waals surface area contributed by atoms with Crippen LogP contribution in [0.1, 0.15) is 16.2 Å². The van der Waals surface area contributed by atoms with E-state index in [1.54, 1.807) is 11.4 Å². The quantitative estimate of drug-likeness (QED) is 0.694. The fourth-order valence-electron chi connectivity index (χ4n) is 2.51. The molecule has 2 aromatic heterocycles. The number of nitrogens with one attached hydrogen (secondary N) is 1. The first-order valence-electron chi connectivity index (χ1n) is 7.73. The van der Waals surface area contributed by atoms with Gasteiger partial charge in [0.1, 0.15) is 10.5 Å². The lowest BCUT2D eigenvalue weighted by atomic mass is 10.1. The lowest BCUT2D eigenvalue weighted by molar-refractivity contribution is -0.0512. The number of carbonyl (C=O) groups is 1. The van der Waals surface area contributed by atoms with Crippen LogP contribution in [0, 0.1) is 0 Å². The first-order valence-corrected chi connectivity index (χ1v) is 8.61. The van der Waals surface area contributed by atoms with Gasteiger partial charge in [0, 0.05) is 12.6 Å². The maximum atomic E-state index is 12.6. The van der Waals surface area contributed by atoms with Crippen LogP contribution in [0.3, 0.4) is 0 Å². The number of alkyl halides is 2. The molecule has 27 heavy (non-hydrogen) atoms. The summed E-state index contributed by atoms with van der Waals surface area (Å²) in [5, 5.41) is 1.76. The summed E-state index contributed by atoms with van der Waals surface area (Å²) in [6.45, 7) is -2.93. The smallest absolute Gasteiger partial charge is 0.387 e. The Balaban J connectivity index is 1.80. The second-order valence-corrected chi connectivity index (χ2v) is 6.47. The second-order valence-electron chi connectivity index (χ2n) is 5.55. The van der Waals surface area contributed by atoms with Crippen molar-refractivity contribution in [2.24, 2.45) is 0 Å². The molecular weight excluding hydrogens is 380 g/mol. The largest absolute Gasteiger partial charge is 0.493 e. The molecule has 7 nitrogen and oxygen atoms in total. The van der Waals surface area contributed by atoms with Crippen molar-refractivity contribution >= 4 is 27.5 Å². The molecule has 0 fully saturated rings. The summed E-state index contributed by atoms with van der Waals surface area (Å²) in [5.74, 6) is -0.210. The topological polar surface area (TPSA) is 84.5 Å². The molecule has 3 rings (SSSR count). The Kier molecular flexibility index (Phi) is 5.36. The van der Waals surface area contributed by atoms with Crippen molar-refractivity contribution in [3.63, 3.8) is 0 Å². The summed E-state index contributed by atoms with van der Waals surface area (Å²) in [7, 11) is 2.83. The fourth-order valence-corrected chi connectivity index (χ4v) is 3.23. The van der Waals surface area contributed by atoms with Crippen molar-refractivity contribution in [1.29, 1.82) is 0 Å². The van der Waals surface area contributed by atoms with E-state index in [9.17, 15) is 18.4 Å². The number of nitrogens with zero attached hydrogens (tertiary/aromatic N) is 2. The minimum Gasteiger partial charge on any atom is -0.493 e. The first-order chi connectivity index (χ1) is 12.9. The van der Waals surface area contributed by atoms with Gasteiger partial charge in [-0.1, -0.05) is 0 Å². The summed E-state index contributed by atoms with van der Waals surface area (Å²) in [6, 6.07) is 5.64. The molecule has 10 heteroatoms. The van der Waals surface area contributed by atoms with Crippen LogP contribution >= 0.6 is 11.3 Å². The molecular formula is C17H15F2N3O4S. The number of amides is 1. The zero-order valence-corrected chi connectivity index (χ0v) is 15.2. The van der Waals surface area contributed by atoms with Crippen LogP contribution in [-0.2, 0) is 6.54 Å². The number of benzene rings is 1. The number of H-pyrrole nitrogens is 1. The maximum Gasteiger partial charge on any atom is 0.387 e. The molecule has 0 atom stereocenters. The Labute approximate surface area is 156 Å². The van der Waals surface area contributed by atoms with Crippen LogP contribution in [0.4, 0.5) is 8.78 Å². The van der Waals surface area contributed by atoms with Gasteiger partial charge in [0.05, 0.1) is 19.2 Å². The molecule has 1 aromatic carbocycles. The number of fused-ring (bicyclic) bond motifs is 1. The SMILES string of the molecule is COc1cc(C(=O)N(C)Cc2nc3ccsc3c(=O)[nH]2)ccc1OC(F)F. The molecule has 0 spiro atoms. The summed E-state index contributed by atoms with van der Waals surface area (Å²) in [5.41, 5.74) is 0.519. The number of hydrogen-bond acceptors (Lipinski definition) is 6. The van der Waals surface area contributed by atoms with Gasteiger partial charge in [-0.15, -0.1) is 11.3 Å². The van der Waals surface area contributed by atoms with E-state index < -0.39 is 12.5 Å². The van der Waals surface area contributed by atoms with E-state index in [0.717, 1.165) is 0 Å². The Morgan fingerprint density at radius 3 is 2.81 bits per heavy atom. The Hall–Kier alpha value is -3.01. The van der Waals surface area contributed by atoms with Gasteiger partial charge in [-0.05, 0) is 29.6 Å². The van der Waals surface area contributed by atoms with Gasteiger partial charge in [0.2, 0.25) is 0 Å². The summed E-state index contributed by atoms with van der Waals surface area (Å²) >= 11 is 1.29. The molecule has 2 heterocycles. The summed E-state index contributed by atoms with van der Waals surface area (Å²) in [6.07, 6.45) is 0. The normalized spacial score (nSPS) is 11.0. The fraction of sp³-hybridized carbons (Fsp3) is 0.235. The minimum absolute atomic E-state index is 0.0146. The molecule has 0 aliphatic carbocycles. The van der Waals surface area contributed by atoms with Crippen molar-refractivity contribution < 1.29 is 23.0 Å². The van der Waals surface area contributed by atoms with Gasteiger partial charge >= 0.3 is 6.61 Å². The third-order valence-electron chi connectivity index (χ3n) is 3.72. The van der Waals surface area contributed by atoms with Crippen LogP contribution in [0.2, 0.25) is 0 Å². The number of aromatic nitrogens is 2. The van der Waals surface area contributed by atoms with Gasteiger partial charge in [-0.2, -0.15) is 8.78 Å². The molecule has 0 radical (unpaired) electrons. The van der Waals surface area contributed by atoms with Gasteiger partial charge in [-0.25, -0.2) is 4.98 Å². The number of hydrogen-bond donors (Lipinski definition) is 1. The molecule has 0 unspecified atom stereocenters. The van der Waals surface area contributed by atoms with Crippen LogP contribution in [-0.4, -0.2) is 41.5 Å². The van der Waals surface area contributed by atoms with E-state index in [0.29, 0.717) is 16.0 Å². The molecule has 0 aliphatic heterocycles. The Morgan fingerprint density at radius 2 is 2.11 bits per heavy atom. The van der Waals surface area contributed by atoms with Gasteiger partial charge in [-0.3, -0.25) is 9.59 Å². The Morgan fingerprint density at radius 1 is 1.33 bits per heavy atom. The van der Waals surface area contributed by atoms with Gasteiger partial charge in [0.25, 0.3) is 11.5 Å². The molecule has 0 bridgehead atoms. The van der Waals surface area contributed by atoms with Crippen molar-refractivity contribution in [3.05, 3.63) is 51.4 Å². The predicted octanol–water partition coefficient (Wildman–Crippen LogP) is 2.87. The Bertz CT molecular complexity index is 1030. The highest BCUT2D eigenvalue weighted by Gasteiger charge is 2.18. The zero-order chi connectivity index (χ0) is 19.6. The molecule has 1 amide bonds. The van der Waals surface area contributed by atoms with E-state index in [1.807, 2.05) is 0 Å². The average molecular weight is 395 g/mol. The second kappa shape index (κ2) is 7.70. The van der Waals surface area contributed by atoms with E-state index in [2.05, 4.69) is 14.7 Å². The lowest BCUT2D eigenvalue weighted by Crippen LogP contribution is -2.28. The highest BCUT2D eigenvalue weighted by atomic mass is 32.1. The third-order valence-corrected chi connectivity index (χ3v) is 4.63. The highest BCUT2D eigenvalue weighted by Crippen LogP contribution is 2.30. The van der Waals surface area contributed by atoms with Crippen LogP contribution < -0.4 is 15.0 Å². The number of thiophene rings is 1. The highest BCUT2D eigenvalue weighted by molar-refractivity contribution is 7.17. The maximum absolute atomic E-state index is 12.6. The number of carbonyl (C=O) groups excluding carboxylic acids is 1. The van der Waals surface area contributed by atoms with E-state index >= 15 is 0 Å². The lowest BCUT2D eigenvalue weighted by Gasteiger charge is -2.18. The molecule has 0 saturated carbocycles. The van der Waals surface area contributed by atoms with Crippen LogP contribution in [0.15, 0.2) is 34.4 Å². The first kappa shape index (κ1) is 18.8. The van der Waals surface area contributed by atoms with Crippen LogP contribution in [0.25, 0.3) is 10.2 Å². The summed E-state index contributed by atoms with van der Waals surface area (Å²) in [4.78, 5) is 32.9. The molecule has 1 N–H and O–H groups in total. The van der Waals surface area contributed by atoms with Crippen LogP contribution in [0.5, 0.6) is 11.5 Å². The molecule has 0 saturated heterocycles. The number of rotatable bonds is 6. The standard InChI is InChI=1S/C17H15F2N3O4S/c1-22(8-13-20-10-5-6-27-14(10)15(23)21-13)16(24)9-3-4-11(26-17(18)19)12(7-9)25-2/h3-7,17H,8H2,1-2H3,(H,20,21,23). The number of methoxy groups -OCH3 is 1. The monoisotopic (exact) mass is 395 g/mol. The average Bonchev–Trinajstić information content (AvgIpc) is 3.10. The van der Waals surface area contributed by atoms with E-state index in [1.165, 1.54) is 48.6 Å². The van der Waals surface area contributed by atoms with E-state index in [-0.39, 0.29) is 29.2 Å². The van der Waals surface area contributed by atoms with Crippen molar-refractivity contribution in [1.82, 2.24) is 14.9 Å². The van der Waals surface area contributed by atoms with Gasteiger partial charge < -0.3 is 19.4 Å². The molecule has 3 aromatic rings.